The molecule has 0 fully saturated rings. The van der Waals surface area contributed by atoms with Gasteiger partial charge in [-0.1, -0.05) is 12.6 Å². The summed E-state index contributed by atoms with van der Waals surface area (Å²) >= 11 is 1.58. The van der Waals surface area contributed by atoms with E-state index in [0.717, 1.165) is 36.5 Å². The molecular formula is C19H24N4S. The first-order valence-electron chi connectivity index (χ1n) is 8.17. The van der Waals surface area contributed by atoms with Gasteiger partial charge < -0.3 is 15.1 Å². The molecule has 0 aliphatic carbocycles. The third-order valence-corrected chi connectivity index (χ3v) is 5.13. The zero-order valence-corrected chi connectivity index (χ0v) is 15.1. The van der Waals surface area contributed by atoms with Crippen LogP contribution in [0.4, 0.5) is 11.4 Å². The van der Waals surface area contributed by atoms with Crippen LogP contribution in [0.15, 0.2) is 48.0 Å². The number of allylic oxidation sites excluding steroid dienone is 1. The van der Waals surface area contributed by atoms with Gasteiger partial charge in [0.15, 0.2) is 0 Å². The molecule has 126 valence electrons. The monoisotopic (exact) mass is 340 g/mol. The number of nitrogens with zero attached hydrogens (tertiary/aromatic N) is 2. The lowest BCUT2D eigenvalue weighted by Gasteiger charge is -2.34. The lowest BCUT2D eigenvalue weighted by Crippen LogP contribution is -2.33. The van der Waals surface area contributed by atoms with Crippen LogP contribution in [0.3, 0.4) is 0 Å². The number of nitrogens with one attached hydrogen (secondary N) is 2. The Morgan fingerprint density at radius 1 is 1.33 bits per heavy atom. The van der Waals surface area contributed by atoms with Crippen molar-refractivity contribution in [2.45, 2.75) is 12.8 Å². The molecule has 0 unspecified atom stereocenters. The van der Waals surface area contributed by atoms with E-state index in [-0.39, 0.29) is 0 Å². The molecule has 5 heteroatoms. The molecular weight excluding hydrogens is 316 g/mol. The van der Waals surface area contributed by atoms with Crippen molar-refractivity contribution in [3.63, 3.8) is 0 Å². The van der Waals surface area contributed by atoms with Crippen LogP contribution in [-0.2, 0) is 6.42 Å². The second-order valence-corrected chi connectivity index (χ2v) is 7.29. The van der Waals surface area contributed by atoms with Gasteiger partial charge in [0, 0.05) is 30.2 Å². The topological polar surface area (TPSA) is 42.4 Å². The Kier molecular flexibility index (Phi) is 5.02. The molecule has 0 amide bonds. The molecule has 3 rings (SSSR count). The standard InChI is InChI=1S/C19H24N4S/c1-14-6-7-15-13-16(21-19(20)18-5-4-12-24-18)8-9-17(15)23(14)11-10-22(2)3/h4-5,8-9,12-13H,1,6-7,10-11H2,2-3H3,(H2,20,21). The minimum atomic E-state index is 0.453. The summed E-state index contributed by atoms with van der Waals surface area (Å²) < 4.78 is 0. The molecule has 0 bridgehead atoms. The third-order valence-electron chi connectivity index (χ3n) is 4.24. The molecule has 0 atom stereocenters. The fraction of sp³-hybridized carbons (Fsp3) is 0.316. The maximum absolute atomic E-state index is 8.18. The average molecular weight is 340 g/mol. The van der Waals surface area contributed by atoms with E-state index in [9.17, 15) is 0 Å². The van der Waals surface area contributed by atoms with Crippen molar-refractivity contribution in [1.82, 2.24) is 4.90 Å². The van der Waals surface area contributed by atoms with Crippen LogP contribution in [0.5, 0.6) is 0 Å². The van der Waals surface area contributed by atoms with E-state index in [1.165, 1.54) is 16.9 Å². The van der Waals surface area contributed by atoms with Crippen molar-refractivity contribution in [3.8, 4) is 0 Å². The van der Waals surface area contributed by atoms with Crippen molar-refractivity contribution in [1.29, 1.82) is 5.41 Å². The summed E-state index contributed by atoms with van der Waals surface area (Å²) in [6.07, 6.45) is 2.00. The molecule has 2 N–H and O–H groups in total. The number of aryl methyl sites for hydroxylation is 1. The highest BCUT2D eigenvalue weighted by molar-refractivity contribution is 7.12. The summed E-state index contributed by atoms with van der Waals surface area (Å²) in [6.45, 7) is 6.19. The largest absolute Gasteiger partial charge is 0.344 e. The van der Waals surface area contributed by atoms with Crippen LogP contribution in [0.25, 0.3) is 0 Å². The highest BCUT2D eigenvalue weighted by atomic mass is 32.1. The quantitative estimate of drug-likeness (QED) is 0.638. The first kappa shape index (κ1) is 16.7. The second kappa shape index (κ2) is 7.20. The van der Waals surface area contributed by atoms with Gasteiger partial charge in [-0.15, -0.1) is 11.3 Å². The van der Waals surface area contributed by atoms with E-state index in [1.54, 1.807) is 11.3 Å². The minimum Gasteiger partial charge on any atom is -0.344 e. The summed E-state index contributed by atoms with van der Waals surface area (Å²) in [5.41, 5.74) is 4.75. The first-order chi connectivity index (χ1) is 11.5. The summed E-state index contributed by atoms with van der Waals surface area (Å²) in [6, 6.07) is 10.3. The van der Waals surface area contributed by atoms with Crippen molar-refractivity contribution < 1.29 is 0 Å². The molecule has 1 aromatic carbocycles. The number of amidine groups is 1. The maximum Gasteiger partial charge on any atom is 0.140 e. The predicted molar refractivity (Wildman–Crippen MR) is 105 cm³/mol. The molecule has 2 aromatic rings. The third kappa shape index (κ3) is 3.68. The highest BCUT2D eigenvalue weighted by Gasteiger charge is 2.20. The number of thiophene rings is 1. The first-order valence-corrected chi connectivity index (χ1v) is 9.05. The van der Waals surface area contributed by atoms with E-state index in [0.29, 0.717) is 5.84 Å². The van der Waals surface area contributed by atoms with Gasteiger partial charge in [-0.25, -0.2) is 0 Å². The molecule has 24 heavy (non-hydrogen) atoms. The van der Waals surface area contributed by atoms with Gasteiger partial charge in [0.05, 0.1) is 4.88 Å². The molecule has 1 aromatic heterocycles. The Morgan fingerprint density at radius 2 is 2.17 bits per heavy atom. The number of hydrogen-bond acceptors (Lipinski definition) is 4. The van der Waals surface area contributed by atoms with Crippen molar-refractivity contribution in [2.24, 2.45) is 0 Å². The van der Waals surface area contributed by atoms with Gasteiger partial charge in [-0.3, -0.25) is 5.41 Å². The molecule has 1 aliphatic heterocycles. The lowest BCUT2D eigenvalue weighted by molar-refractivity contribution is 0.415. The van der Waals surface area contributed by atoms with Gasteiger partial charge >= 0.3 is 0 Å². The van der Waals surface area contributed by atoms with Crippen molar-refractivity contribution in [2.75, 3.05) is 37.4 Å². The summed E-state index contributed by atoms with van der Waals surface area (Å²) in [5, 5.41) is 13.4. The number of benzene rings is 1. The lowest BCUT2D eigenvalue weighted by atomic mass is 9.99. The number of likely N-dealkylation sites (N-methyl/N-ethyl adjacent to an activating group) is 1. The van der Waals surface area contributed by atoms with Crippen LogP contribution in [-0.4, -0.2) is 37.9 Å². The Balaban J connectivity index is 1.78. The smallest absolute Gasteiger partial charge is 0.140 e. The number of rotatable bonds is 5. The Bertz CT molecular complexity index is 734. The Hall–Kier alpha value is -2.11. The summed E-state index contributed by atoms with van der Waals surface area (Å²) in [7, 11) is 4.19. The fourth-order valence-corrected chi connectivity index (χ4v) is 3.55. The summed E-state index contributed by atoms with van der Waals surface area (Å²) in [4.78, 5) is 5.47. The molecule has 1 aliphatic rings. The molecule has 0 spiro atoms. The van der Waals surface area contributed by atoms with Gasteiger partial charge in [-0.05, 0) is 62.1 Å². The van der Waals surface area contributed by atoms with E-state index >= 15 is 0 Å². The van der Waals surface area contributed by atoms with Gasteiger partial charge in [0.1, 0.15) is 5.84 Å². The Morgan fingerprint density at radius 3 is 2.88 bits per heavy atom. The number of hydrogen-bond donors (Lipinski definition) is 2. The molecule has 4 nitrogen and oxygen atoms in total. The van der Waals surface area contributed by atoms with Crippen LogP contribution < -0.4 is 10.2 Å². The average Bonchev–Trinajstić information content (AvgIpc) is 3.08. The van der Waals surface area contributed by atoms with Crippen LogP contribution in [0, 0.1) is 5.41 Å². The van der Waals surface area contributed by atoms with Crippen LogP contribution in [0.2, 0.25) is 0 Å². The zero-order chi connectivity index (χ0) is 17.1. The van der Waals surface area contributed by atoms with E-state index in [4.69, 9.17) is 5.41 Å². The molecule has 0 saturated heterocycles. The molecule has 0 saturated carbocycles. The van der Waals surface area contributed by atoms with Crippen LogP contribution >= 0.6 is 11.3 Å². The van der Waals surface area contributed by atoms with Crippen LogP contribution in [0.1, 0.15) is 16.9 Å². The maximum atomic E-state index is 8.18. The van der Waals surface area contributed by atoms with E-state index in [1.807, 2.05) is 17.5 Å². The Labute approximate surface area is 147 Å². The molecule has 0 radical (unpaired) electrons. The van der Waals surface area contributed by atoms with Crippen molar-refractivity contribution >= 4 is 28.5 Å². The number of anilines is 2. The zero-order valence-electron chi connectivity index (χ0n) is 14.3. The fourth-order valence-electron chi connectivity index (χ4n) is 2.92. The van der Waals surface area contributed by atoms with Crippen molar-refractivity contribution in [3.05, 3.63) is 58.4 Å². The summed E-state index contributed by atoms with van der Waals surface area (Å²) in [5.74, 6) is 0.453. The van der Waals surface area contributed by atoms with E-state index < -0.39 is 0 Å². The number of fused-ring (bicyclic) bond motifs is 1. The normalized spacial score (nSPS) is 14.0. The highest BCUT2D eigenvalue weighted by Crippen LogP contribution is 2.33. The minimum absolute atomic E-state index is 0.453. The van der Waals surface area contributed by atoms with Gasteiger partial charge in [0.25, 0.3) is 0 Å². The SMILES string of the molecule is C=C1CCc2cc(NC(=N)c3cccs3)ccc2N1CCN(C)C. The van der Waals surface area contributed by atoms with Gasteiger partial charge in [-0.2, -0.15) is 0 Å². The second-order valence-electron chi connectivity index (χ2n) is 6.34. The predicted octanol–water partition coefficient (Wildman–Crippen LogP) is 4.01. The van der Waals surface area contributed by atoms with E-state index in [2.05, 4.69) is 54.0 Å². The molecule has 2 heterocycles. The van der Waals surface area contributed by atoms with Gasteiger partial charge in [0.2, 0.25) is 0 Å².